The van der Waals surface area contributed by atoms with Crippen LogP contribution in [0.4, 0.5) is 5.82 Å². The van der Waals surface area contributed by atoms with Crippen LogP contribution in [0.1, 0.15) is 36.8 Å². The number of nitrogens with zero attached hydrogens (tertiary/aromatic N) is 1. The number of anilines is 1. The van der Waals surface area contributed by atoms with Crippen LogP contribution < -0.4 is 5.73 Å². The second-order valence-corrected chi connectivity index (χ2v) is 4.40. The number of ether oxygens (including phenoxy) is 1. The van der Waals surface area contributed by atoms with Crippen molar-refractivity contribution in [3.8, 4) is 0 Å². The number of hydrogen-bond donors (Lipinski definition) is 2. The molecule has 0 saturated heterocycles. The Bertz CT molecular complexity index is 397. The smallest absolute Gasteiger partial charge is 0.342 e. The fraction of sp³-hybridized carbons (Fsp3) is 0.455. The molecule has 0 bridgehead atoms. The molecule has 3 N–H and O–H groups in total. The van der Waals surface area contributed by atoms with E-state index in [0.717, 1.165) is 0 Å². The molecule has 0 radical (unpaired) electrons. The molecule has 0 atom stereocenters. The lowest BCUT2D eigenvalue weighted by Crippen LogP contribution is -2.24. The maximum Gasteiger partial charge on any atom is 0.342 e. The predicted molar refractivity (Wildman–Crippen MR) is 59.7 cm³/mol. The number of carbonyl (C=O) groups is 1. The van der Waals surface area contributed by atoms with Gasteiger partial charge in [-0.2, -0.15) is 0 Å². The largest absolute Gasteiger partial charge is 0.456 e. The van der Waals surface area contributed by atoms with Crippen molar-refractivity contribution in [1.82, 2.24) is 4.98 Å². The molecular formula is C11H16N2O3. The monoisotopic (exact) mass is 224 g/mol. The summed E-state index contributed by atoms with van der Waals surface area (Å²) in [5, 5.41) is 8.84. The van der Waals surface area contributed by atoms with E-state index in [-0.39, 0.29) is 18.0 Å². The maximum absolute atomic E-state index is 11.7. The number of aliphatic hydroxyl groups is 1. The summed E-state index contributed by atoms with van der Waals surface area (Å²) in [5.74, 6) is -0.442. The Balaban J connectivity index is 2.93. The van der Waals surface area contributed by atoms with Crippen molar-refractivity contribution in [2.24, 2.45) is 0 Å². The van der Waals surface area contributed by atoms with Gasteiger partial charge in [-0.05, 0) is 32.9 Å². The van der Waals surface area contributed by atoms with Crippen molar-refractivity contribution in [1.29, 1.82) is 0 Å². The third-order valence-corrected chi connectivity index (χ3v) is 1.76. The predicted octanol–water partition coefficient (Wildman–Crippen LogP) is 1.11. The van der Waals surface area contributed by atoms with E-state index < -0.39 is 11.6 Å². The minimum absolute atomic E-state index is 0.0702. The summed E-state index contributed by atoms with van der Waals surface area (Å²) in [4.78, 5) is 15.5. The molecular weight excluding hydrogens is 208 g/mol. The molecule has 0 aliphatic carbocycles. The van der Waals surface area contributed by atoms with Gasteiger partial charge in [-0.1, -0.05) is 0 Å². The van der Waals surface area contributed by atoms with Crippen LogP contribution in [0.5, 0.6) is 0 Å². The molecule has 1 rings (SSSR count). The summed E-state index contributed by atoms with van der Waals surface area (Å²) >= 11 is 0. The van der Waals surface area contributed by atoms with Gasteiger partial charge in [0, 0.05) is 0 Å². The summed E-state index contributed by atoms with van der Waals surface area (Å²) in [7, 11) is 0. The number of rotatable bonds is 2. The van der Waals surface area contributed by atoms with Crippen LogP contribution in [0.25, 0.3) is 0 Å². The highest BCUT2D eigenvalue weighted by Gasteiger charge is 2.20. The van der Waals surface area contributed by atoms with Gasteiger partial charge >= 0.3 is 5.97 Å². The zero-order chi connectivity index (χ0) is 12.3. The lowest BCUT2D eigenvalue weighted by Gasteiger charge is -2.19. The van der Waals surface area contributed by atoms with Crippen LogP contribution in [-0.2, 0) is 11.3 Å². The van der Waals surface area contributed by atoms with Gasteiger partial charge < -0.3 is 15.6 Å². The lowest BCUT2D eigenvalue weighted by atomic mass is 10.2. The topological polar surface area (TPSA) is 85.4 Å². The Labute approximate surface area is 94.2 Å². The minimum atomic E-state index is -0.570. The molecule has 0 amide bonds. The van der Waals surface area contributed by atoms with Gasteiger partial charge in [-0.25, -0.2) is 9.78 Å². The zero-order valence-corrected chi connectivity index (χ0v) is 9.65. The Kier molecular flexibility index (Phi) is 3.49. The van der Waals surface area contributed by atoms with Gasteiger partial charge in [0.2, 0.25) is 0 Å². The van der Waals surface area contributed by atoms with E-state index in [4.69, 9.17) is 15.6 Å². The minimum Gasteiger partial charge on any atom is -0.456 e. The Morgan fingerprint density at radius 2 is 2.12 bits per heavy atom. The van der Waals surface area contributed by atoms with Crippen LogP contribution in [0.15, 0.2) is 12.1 Å². The van der Waals surface area contributed by atoms with Crippen molar-refractivity contribution in [3.05, 3.63) is 23.4 Å². The fourth-order valence-corrected chi connectivity index (χ4v) is 1.11. The number of carbonyl (C=O) groups excluding carboxylic acids is 1. The molecule has 0 aliphatic heterocycles. The van der Waals surface area contributed by atoms with E-state index in [1.165, 1.54) is 12.1 Å². The molecule has 1 aromatic rings. The summed E-state index contributed by atoms with van der Waals surface area (Å²) in [6.07, 6.45) is 0. The highest BCUT2D eigenvalue weighted by molar-refractivity contribution is 5.94. The molecule has 0 saturated carbocycles. The molecule has 0 aliphatic rings. The Morgan fingerprint density at radius 1 is 1.50 bits per heavy atom. The molecule has 5 heteroatoms. The van der Waals surface area contributed by atoms with Crippen LogP contribution >= 0.6 is 0 Å². The van der Waals surface area contributed by atoms with Gasteiger partial charge in [0.1, 0.15) is 17.0 Å². The molecule has 1 heterocycles. The average Bonchev–Trinajstić information content (AvgIpc) is 2.14. The molecule has 1 aromatic heterocycles. The summed E-state index contributed by atoms with van der Waals surface area (Å²) in [5.41, 5.74) is 5.66. The molecule has 5 nitrogen and oxygen atoms in total. The fourth-order valence-electron chi connectivity index (χ4n) is 1.11. The summed E-state index contributed by atoms with van der Waals surface area (Å²) in [6, 6.07) is 3.04. The lowest BCUT2D eigenvalue weighted by molar-refractivity contribution is 0.00703. The second kappa shape index (κ2) is 4.49. The molecule has 88 valence electrons. The number of nitrogen functional groups attached to an aromatic ring is 1. The van der Waals surface area contributed by atoms with Gasteiger partial charge in [-0.15, -0.1) is 0 Å². The van der Waals surface area contributed by atoms with Crippen molar-refractivity contribution >= 4 is 11.8 Å². The van der Waals surface area contributed by atoms with E-state index in [2.05, 4.69) is 4.98 Å². The quantitative estimate of drug-likeness (QED) is 0.735. The molecule has 0 fully saturated rings. The van der Waals surface area contributed by atoms with Crippen LogP contribution in [0.2, 0.25) is 0 Å². The summed E-state index contributed by atoms with van der Waals surface area (Å²) in [6.45, 7) is 5.11. The number of esters is 1. The van der Waals surface area contributed by atoms with E-state index >= 15 is 0 Å². The van der Waals surface area contributed by atoms with Crippen molar-refractivity contribution in [3.63, 3.8) is 0 Å². The second-order valence-electron chi connectivity index (χ2n) is 4.40. The molecule has 0 aromatic carbocycles. The first-order chi connectivity index (χ1) is 7.33. The summed E-state index contributed by atoms with van der Waals surface area (Å²) < 4.78 is 5.16. The maximum atomic E-state index is 11.7. The van der Waals surface area contributed by atoms with Crippen LogP contribution in [0, 0.1) is 0 Å². The van der Waals surface area contributed by atoms with E-state index in [0.29, 0.717) is 5.69 Å². The number of pyridine rings is 1. The number of aromatic nitrogens is 1. The molecule has 16 heavy (non-hydrogen) atoms. The van der Waals surface area contributed by atoms with Gasteiger partial charge in [0.25, 0.3) is 0 Å². The zero-order valence-electron chi connectivity index (χ0n) is 9.65. The molecule has 0 unspecified atom stereocenters. The van der Waals surface area contributed by atoms with E-state index in [9.17, 15) is 4.79 Å². The first kappa shape index (κ1) is 12.4. The number of hydrogen-bond acceptors (Lipinski definition) is 5. The highest BCUT2D eigenvalue weighted by atomic mass is 16.6. The van der Waals surface area contributed by atoms with Crippen molar-refractivity contribution in [2.75, 3.05) is 5.73 Å². The third-order valence-electron chi connectivity index (χ3n) is 1.76. The standard InChI is InChI=1S/C11H16N2O3/c1-11(2,3)16-10(15)8-5-4-7(6-14)13-9(8)12/h4-5,14H,6H2,1-3H3,(H2,12,13). The number of nitrogens with two attached hydrogens (primary N) is 1. The van der Waals surface area contributed by atoms with Crippen molar-refractivity contribution in [2.45, 2.75) is 33.0 Å². The third kappa shape index (κ3) is 3.20. The average molecular weight is 224 g/mol. The van der Waals surface area contributed by atoms with Gasteiger partial charge in [0.05, 0.1) is 12.3 Å². The van der Waals surface area contributed by atoms with Crippen LogP contribution in [-0.4, -0.2) is 21.7 Å². The van der Waals surface area contributed by atoms with Gasteiger partial charge in [0.15, 0.2) is 0 Å². The molecule has 0 spiro atoms. The Hall–Kier alpha value is -1.62. The first-order valence-corrected chi connectivity index (χ1v) is 4.93. The van der Waals surface area contributed by atoms with Crippen molar-refractivity contribution < 1.29 is 14.6 Å². The number of aliphatic hydroxyl groups excluding tert-OH is 1. The first-order valence-electron chi connectivity index (χ1n) is 4.93. The normalized spacial score (nSPS) is 11.2. The van der Waals surface area contributed by atoms with Gasteiger partial charge in [-0.3, -0.25) is 0 Å². The highest BCUT2D eigenvalue weighted by Crippen LogP contribution is 2.16. The Morgan fingerprint density at radius 3 is 2.56 bits per heavy atom. The van der Waals surface area contributed by atoms with E-state index in [1.54, 1.807) is 20.8 Å². The van der Waals surface area contributed by atoms with E-state index in [1.807, 2.05) is 0 Å². The SMILES string of the molecule is CC(C)(C)OC(=O)c1ccc(CO)nc1N. The van der Waals surface area contributed by atoms with Crippen LogP contribution in [0.3, 0.4) is 0 Å².